The molecule has 0 bridgehead atoms. The van der Waals surface area contributed by atoms with Gasteiger partial charge in [0.25, 0.3) is 0 Å². The molecule has 1 aromatic carbocycles. The number of methoxy groups -OCH3 is 2. The van der Waals surface area contributed by atoms with Gasteiger partial charge in [-0.1, -0.05) is 6.08 Å². The number of allylic oxidation sites excluding steroid dienone is 1. The molecule has 0 saturated carbocycles. The molecule has 1 aliphatic rings. The molecule has 1 atom stereocenters. The highest BCUT2D eigenvalue weighted by molar-refractivity contribution is 14.0. The molecule has 146 valence electrons. The van der Waals surface area contributed by atoms with Crippen LogP contribution in [0.1, 0.15) is 24.0 Å². The van der Waals surface area contributed by atoms with Crippen molar-refractivity contribution in [1.29, 1.82) is 0 Å². The number of nitrogens with zero attached hydrogens (tertiary/aromatic N) is 1. The molecule has 1 heterocycles. The first-order valence-corrected chi connectivity index (χ1v) is 9.67. The van der Waals surface area contributed by atoms with Crippen LogP contribution in [0.15, 0.2) is 29.8 Å². The maximum atomic E-state index is 5.49. The number of guanidine groups is 1. The smallest absolute Gasteiger partial charge is 0.191 e. The van der Waals surface area contributed by atoms with Crippen LogP contribution in [0.4, 0.5) is 0 Å². The minimum atomic E-state index is 0. The van der Waals surface area contributed by atoms with Gasteiger partial charge in [-0.05, 0) is 42.7 Å². The average Bonchev–Trinajstić information content (AvgIpc) is 3.15. The third-order valence-corrected chi connectivity index (χ3v) is 5.58. The third kappa shape index (κ3) is 6.57. The number of rotatable bonds is 8. The van der Waals surface area contributed by atoms with Gasteiger partial charge in [0.05, 0.1) is 14.2 Å². The van der Waals surface area contributed by atoms with E-state index in [4.69, 9.17) is 9.47 Å². The molecule has 26 heavy (non-hydrogen) atoms. The number of halogens is 1. The van der Waals surface area contributed by atoms with Gasteiger partial charge in [0.15, 0.2) is 17.5 Å². The summed E-state index contributed by atoms with van der Waals surface area (Å²) in [6.45, 7) is 5.45. The number of benzene rings is 1. The number of thioether (sulfide) groups is 1. The zero-order valence-corrected chi connectivity index (χ0v) is 19.0. The molecule has 1 aromatic rings. The van der Waals surface area contributed by atoms with Gasteiger partial charge in [-0.15, -0.1) is 30.6 Å². The average molecular weight is 491 g/mol. The van der Waals surface area contributed by atoms with E-state index in [1.54, 1.807) is 21.3 Å². The summed E-state index contributed by atoms with van der Waals surface area (Å²) in [6.07, 6.45) is 5.21. The monoisotopic (exact) mass is 491 g/mol. The predicted molar refractivity (Wildman–Crippen MR) is 123 cm³/mol. The lowest BCUT2D eigenvalue weighted by Crippen LogP contribution is -2.39. The zero-order chi connectivity index (χ0) is 18.1. The van der Waals surface area contributed by atoms with Crippen molar-refractivity contribution in [3.63, 3.8) is 0 Å². The van der Waals surface area contributed by atoms with Crippen molar-refractivity contribution in [3.8, 4) is 11.5 Å². The molecule has 0 aliphatic carbocycles. The summed E-state index contributed by atoms with van der Waals surface area (Å²) in [6, 6.07) is 4.12. The summed E-state index contributed by atoms with van der Waals surface area (Å²) >= 11 is 2.04. The molecule has 5 nitrogen and oxygen atoms in total. The minimum absolute atomic E-state index is 0. The molecule has 1 unspecified atom stereocenters. The van der Waals surface area contributed by atoms with Crippen LogP contribution < -0.4 is 20.1 Å². The van der Waals surface area contributed by atoms with Gasteiger partial charge in [0.2, 0.25) is 0 Å². The first-order chi connectivity index (χ1) is 12.2. The van der Waals surface area contributed by atoms with Crippen LogP contribution >= 0.6 is 35.7 Å². The zero-order valence-electron chi connectivity index (χ0n) is 15.8. The van der Waals surface area contributed by atoms with Gasteiger partial charge in [-0.25, -0.2) is 0 Å². The predicted octanol–water partition coefficient (Wildman–Crippen LogP) is 3.61. The van der Waals surface area contributed by atoms with Crippen molar-refractivity contribution in [3.05, 3.63) is 35.9 Å². The molecule has 1 fully saturated rings. The van der Waals surface area contributed by atoms with Crippen LogP contribution in [0.3, 0.4) is 0 Å². The Labute approximate surface area is 178 Å². The van der Waals surface area contributed by atoms with Gasteiger partial charge in [-0.2, -0.15) is 11.8 Å². The Kier molecular flexibility index (Phi) is 10.9. The fourth-order valence-corrected chi connectivity index (χ4v) is 4.14. The van der Waals surface area contributed by atoms with Gasteiger partial charge < -0.3 is 20.1 Å². The molecule has 0 amide bonds. The van der Waals surface area contributed by atoms with E-state index < -0.39 is 0 Å². The van der Waals surface area contributed by atoms with Gasteiger partial charge >= 0.3 is 0 Å². The summed E-state index contributed by atoms with van der Waals surface area (Å²) in [4.78, 5) is 4.31. The second kappa shape index (κ2) is 12.3. The second-order valence-corrected chi connectivity index (χ2v) is 7.33. The van der Waals surface area contributed by atoms with E-state index >= 15 is 0 Å². The van der Waals surface area contributed by atoms with E-state index in [9.17, 15) is 0 Å². The standard InChI is InChI=1S/C19H29N3O2S.HI/c1-5-7-15-10-14(11-17(23-3)18(15)24-4)12-21-19(20-2)22-13-16-8-6-9-25-16;/h5,10-11,16H,1,6-9,12-13H2,2-4H3,(H2,20,21,22);1H. The number of hydrogen-bond acceptors (Lipinski definition) is 4. The number of hydrogen-bond donors (Lipinski definition) is 2. The Morgan fingerprint density at radius 2 is 2.15 bits per heavy atom. The molecule has 1 aliphatic heterocycles. The normalized spacial score (nSPS) is 16.6. The Balaban J connectivity index is 0.00000338. The summed E-state index contributed by atoms with van der Waals surface area (Å²) in [5.41, 5.74) is 2.19. The molecule has 0 spiro atoms. The minimum Gasteiger partial charge on any atom is -0.493 e. The summed E-state index contributed by atoms with van der Waals surface area (Å²) in [7, 11) is 5.12. The summed E-state index contributed by atoms with van der Waals surface area (Å²) in [5, 5.41) is 7.49. The molecular weight excluding hydrogens is 461 g/mol. The largest absolute Gasteiger partial charge is 0.493 e. The van der Waals surface area contributed by atoms with E-state index in [0.29, 0.717) is 11.8 Å². The Morgan fingerprint density at radius 1 is 1.35 bits per heavy atom. The van der Waals surface area contributed by atoms with Gasteiger partial charge in [0, 0.05) is 31.0 Å². The van der Waals surface area contributed by atoms with E-state index in [1.807, 2.05) is 23.9 Å². The topological polar surface area (TPSA) is 54.9 Å². The van der Waals surface area contributed by atoms with Crippen LogP contribution in [-0.4, -0.2) is 44.8 Å². The van der Waals surface area contributed by atoms with E-state index in [2.05, 4.69) is 28.3 Å². The maximum Gasteiger partial charge on any atom is 0.191 e. The number of aliphatic imine (C=N–C) groups is 1. The number of nitrogens with one attached hydrogen (secondary N) is 2. The van der Waals surface area contributed by atoms with Crippen LogP contribution in [0.2, 0.25) is 0 Å². The maximum absolute atomic E-state index is 5.49. The van der Waals surface area contributed by atoms with Crippen LogP contribution in [-0.2, 0) is 13.0 Å². The van der Waals surface area contributed by atoms with E-state index in [1.165, 1.54) is 18.6 Å². The Bertz CT molecular complexity index is 605. The molecule has 7 heteroatoms. The Hall–Kier alpha value is -1.09. The fraction of sp³-hybridized carbons (Fsp3) is 0.526. The number of ether oxygens (including phenoxy) is 2. The van der Waals surface area contributed by atoms with Crippen molar-refractivity contribution < 1.29 is 9.47 Å². The highest BCUT2D eigenvalue weighted by Gasteiger charge is 2.16. The molecule has 0 radical (unpaired) electrons. The fourth-order valence-electron chi connectivity index (χ4n) is 2.94. The Morgan fingerprint density at radius 3 is 2.73 bits per heavy atom. The first kappa shape index (κ1) is 23.0. The van der Waals surface area contributed by atoms with Crippen molar-refractivity contribution in [2.24, 2.45) is 4.99 Å². The van der Waals surface area contributed by atoms with Crippen LogP contribution in [0, 0.1) is 0 Å². The van der Waals surface area contributed by atoms with Crippen molar-refractivity contribution in [2.75, 3.05) is 33.6 Å². The van der Waals surface area contributed by atoms with Crippen LogP contribution in [0.25, 0.3) is 0 Å². The highest BCUT2D eigenvalue weighted by Crippen LogP contribution is 2.33. The van der Waals surface area contributed by atoms with Crippen molar-refractivity contribution in [1.82, 2.24) is 10.6 Å². The third-order valence-electron chi connectivity index (χ3n) is 4.18. The second-order valence-electron chi connectivity index (χ2n) is 5.92. The lowest BCUT2D eigenvalue weighted by atomic mass is 10.1. The first-order valence-electron chi connectivity index (χ1n) is 8.62. The van der Waals surface area contributed by atoms with E-state index in [-0.39, 0.29) is 24.0 Å². The molecule has 1 saturated heterocycles. The lowest BCUT2D eigenvalue weighted by Gasteiger charge is -2.17. The van der Waals surface area contributed by atoms with Crippen LogP contribution in [0.5, 0.6) is 11.5 Å². The molecular formula is C19H30IN3O2S. The van der Waals surface area contributed by atoms with E-state index in [0.717, 1.165) is 41.6 Å². The van der Waals surface area contributed by atoms with Gasteiger partial charge in [0.1, 0.15) is 0 Å². The van der Waals surface area contributed by atoms with Gasteiger partial charge in [-0.3, -0.25) is 4.99 Å². The van der Waals surface area contributed by atoms with Crippen molar-refractivity contribution in [2.45, 2.75) is 31.1 Å². The van der Waals surface area contributed by atoms with Crippen molar-refractivity contribution >= 4 is 41.7 Å². The molecule has 0 aromatic heterocycles. The molecule has 2 rings (SSSR count). The molecule has 2 N–H and O–H groups in total. The lowest BCUT2D eigenvalue weighted by molar-refractivity contribution is 0.352. The summed E-state index contributed by atoms with van der Waals surface area (Å²) < 4.78 is 11.0. The quantitative estimate of drug-likeness (QED) is 0.252. The highest BCUT2D eigenvalue weighted by atomic mass is 127. The summed E-state index contributed by atoms with van der Waals surface area (Å²) in [5.74, 6) is 3.61. The SMILES string of the molecule is C=CCc1cc(CNC(=NC)NCC2CCCS2)cc(OC)c1OC.I.